The molecule has 0 aliphatic heterocycles. The quantitative estimate of drug-likeness (QED) is 0.490. The maximum Gasteiger partial charge on any atom is 0.274 e. The smallest absolute Gasteiger partial charge is 0.274 e. The molecule has 0 aliphatic carbocycles. The standard InChI is InChI=1S/C20H22N4O3S/c1-10-13(8-7-9-14(10)24(26)27)22-17(25)16-11(2)15-12(3)21-19(20(4,5)6)23-18(15)28-16/h7-9H,1-6H3,(H,22,25). The number of carbonyl (C=O) groups is 1. The Morgan fingerprint density at radius 1 is 1.14 bits per heavy atom. The predicted molar refractivity (Wildman–Crippen MR) is 111 cm³/mol. The van der Waals surface area contributed by atoms with Gasteiger partial charge in [0.2, 0.25) is 0 Å². The van der Waals surface area contributed by atoms with Crippen LogP contribution < -0.4 is 5.32 Å². The van der Waals surface area contributed by atoms with Gasteiger partial charge in [-0.2, -0.15) is 0 Å². The third-order valence-corrected chi connectivity index (χ3v) is 5.78. The van der Waals surface area contributed by atoms with Crippen molar-refractivity contribution in [1.29, 1.82) is 0 Å². The highest BCUT2D eigenvalue weighted by molar-refractivity contribution is 7.20. The van der Waals surface area contributed by atoms with Gasteiger partial charge in [-0.25, -0.2) is 9.97 Å². The molecule has 0 aliphatic rings. The summed E-state index contributed by atoms with van der Waals surface area (Å²) in [5, 5.41) is 14.8. The minimum absolute atomic E-state index is 0.0256. The fraction of sp³-hybridized carbons (Fsp3) is 0.350. The molecule has 0 radical (unpaired) electrons. The number of carbonyl (C=O) groups excluding carboxylic acids is 1. The van der Waals surface area contributed by atoms with Crippen LogP contribution in [0, 0.1) is 30.9 Å². The average molecular weight is 398 g/mol. The number of aryl methyl sites for hydroxylation is 2. The van der Waals surface area contributed by atoms with Crippen LogP contribution in [0.5, 0.6) is 0 Å². The van der Waals surface area contributed by atoms with E-state index in [-0.39, 0.29) is 17.0 Å². The monoisotopic (exact) mass is 398 g/mol. The Morgan fingerprint density at radius 2 is 1.82 bits per heavy atom. The summed E-state index contributed by atoms with van der Waals surface area (Å²) < 4.78 is 0. The molecule has 8 heteroatoms. The largest absolute Gasteiger partial charge is 0.321 e. The molecule has 0 unspecified atom stereocenters. The van der Waals surface area contributed by atoms with Gasteiger partial charge in [0.15, 0.2) is 0 Å². The minimum Gasteiger partial charge on any atom is -0.321 e. The SMILES string of the molecule is Cc1c(NC(=O)c2sc3nc(C(C)(C)C)nc(C)c3c2C)cccc1[N+](=O)[O-]. The summed E-state index contributed by atoms with van der Waals surface area (Å²) in [4.78, 5) is 34.2. The molecule has 28 heavy (non-hydrogen) atoms. The highest BCUT2D eigenvalue weighted by Gasteiger charge is 2.24. The number of benzene rings is 1. The van der Waals surface area contributed by atoms with Crippen molar-refractivity contribution in [3.05, 3.63) is 55.8 Å². The molecule has 0 saturated carbocycles. The van der Waals surface area contributed by atoms with Gasteiger partial charge in [-0.3, -0.25) is 14.9 Å². The number of hydrogen-bond acceptors (Lipinski definition) is 6. The highest BCUT2D eigenvalue weighted by atomic mass is 32.1. The van der Waals surface area contributed by atoms with Crippen LogP contribution >= 0.6 is 11.3 Å². The summed E-state index contributed by atoms with van der Waals surface area (Å²) in [5.41, 5.74) is 2.29. The Bertz CT molecular complexity index is 1110. The summed E-state index contributed by atoms with van der Waals surface area (Å²) in [7, 11) is 0. The van der Waals surface area contributed by atoms with E-state index in [1.54, 1.807) is 19.1 Å². The number of anilines is 1. The number of hydrogen-bond donors (Lipinski definition) is 1. The van der Waals surface area contributed by atoms with E-state index in [0.717, 1.165) is 27.3 Å². The second-order valence-electron chi connectivity index (χ2n) is 7.78. The number of nitrogens with zero attached hydrogens (tertiary/aromatic N) is 3. The van der Waals surface area contributed by atoms with E-state index in [0.29, 0.717) is 16.1 Å². The van der Waals surface area contributed by atoms with Crippen LogP contribution in [0.4, 0.5) is 11.4 Å². The normalized spacial score (nSPS) is 11.6. The number of aromatic nitrogens is 2. The van der Waals surface area contributed by atoms with Crippen molar-refractivity contribution in [3.8, 4) is 0 Å². The molecule has 0 fully saturated rings. The number of nitrogens with one attached hydrogen (secondary N) is 1. The molecule has 2 aromatic heterocycles. The van der Waals surface area contributed by atoms with Crippen molar-refractivity contribution in [2.24, 2.45) is 0 Å². The van der Waals surface area contributed by atoms with Crippen LogP contribution in [0.2, 0.25) is 0 Å². The van der Waals surface area contributed by atoms with Crippen LogP contribution in [0.3, 0.4) is 0 Å². The number of thiophene rings is 1. The third-order valence-electron chi connectivity index (χ3n) is 4.60. The van der Waals surface area contributed by atoms with Crippen molar-refractivity contribution in [2.45, 2.75) is 47.0 Å². The first-order valence-corrected chi connectivity index (χ1v) is 9.66. The van der Waals surface area contributed by atoms with Gasteiger partial charge in [-0.05, 0) is 32.4 Å². The predicted octanol–water partition coefficient (Wildman–Crippen LogP) is 5.07. The summed E-state index contributed by atoms with van der Waals surface area (Å²) in [6.07, 6.45) is 0. The average Bonchev–Trinajstić information content (AvgIpc) is 2.93. The highest BCUT2D eigenvalue weighted by Crippen LogP contribution is 2.34. The van der Waals surface area contributed by atoms with E-state index in [2.05, 4.69) is 15.3 Å². The molecule has 1 N–H and O–H groups in total. The van der Waals surface area contributed by atoms with E-state index in [1.807, 2.05) is 34.6 Å². The zero-order valence-electron chi connectivity index (χ0n) is 16.7. The van der Waals surface area contributed by atoms with E-state index in [9.17, 15) is 14.9 Å². The molecule has 0 bridgehead atoms. The first-order chi connectivity index (χ1) is 13.0. The molecule has 7 nitrogen and oxygen atoms in total. The van der Waals surface area contributed by atoms with Crippen molar-refractivity contribution in [2.75, 3.05) is 5.32 Å². The number of nitro groups is 1. The number of amides is 1. The van der Waals surface area contributed by atoms with Crippen molar-refractivity contribution < 1.29 is 9.72 Å². The minimum atomic E-state index is -0.456. The van der Waals surface area contributed by atoms with Gasteiger partial charge >= 0.3 is 0 Å². The molecular weight excluding hydrogens is 376 g/mol. The fourth-order valence-electron chi connectivity index (χ4n) is 3.03. The Labute approximate surface area is 167 Å². The van der Waals surface area contributed by atoms with Crippen LogP contribution in [-0.4, -0.2) is 20.8 Å². The van der Waals surface area contributed by atoms with Crippen LogP contribution in [0.25, 0.3) is 10.2 Å². The van der Waals surface area contributed by atoms with Crippen LogP contribution in [0.1, 0.15) is 53.1 Å². The summed E-state index contributed by atoms with van der Waals surface area (Å²) in [6.45, 7) is 11.6. The summed E-state index contributed by atoms with van der Waals surface area (Å²) >= 11 is 1.32. The second-order valence-corrected chi connectivity index (χ2v) is 8.78. The first kappa shape index (κ1) is 19.9. The lowest BCUT2D eigenvalue weighted by Gasteiger charge is -2.16. The van der Waals surface area contributed by atoms with E-state index < -0.39 is 4.92 Å². The molecule has 0 spiro atoms. The molecule has 3 rings (SSSR count). The molecule has 1 amide bonds. The third kappa shape index (κ3) is 3.47. The van der Waals surface area contributed by atoms with Crippen molar-refractivity contribution >= 4 is 38.8 Å². The fourth-order valence-corrected chi connectivity index (χ4v) is 4.15. The van der Waals surface area contributed by atoms with Gasteiger partial charge in [-0.1, -0.05) is 26.8 Å². The zero-order valence-corrected chi connectivity index (χ0v) is 17.5. The van der Waals surface area contributed by atoms with Crippen molar-refractivity contribution in [1.82, 2.24) is 9.97 Å². The molecular formula is C20H22N4O3S. The van der Waals surface area contributed by atoms with Crippen LogP contribution in [-0.2, 0) is 5.41 Å². The van der Waals surface area contributed by atoms with E-state index in [4.69, 9.17) is 0 Å². The Morgan fingerprint density at radius 3 is 2.43 bits per heavy atom. The topological polar surface area (TPSA) is 98.0 Å². The molecule has 2 heterocycles. The van der Waals surface area contributed by atoms with E-state index >= 15 is 0 Å². The lowest BCUT2D eigenvalue weighted by Crippen LogP contribution is -2.16. The number of nitro benzene ring substituents is 1. The van der Waals surface area contributed by atoms with Gasteiger partial charge in [0.1, 0.15) is 10.7 Å². The van der Waals surface area contributed by atoms with Crippen molar-refractivity contribution in [3.63, 3.8) is 0 Å². The van der Waals surface area contributed by atoms with Gasteiger partial charge in [0, 0.05) is 16.9 Å². The lowest BCUT2D eigenvalue weighted by atomic mass is 9.95. The van der Waals surface area contributed by atoms with Gasteiger partial charge < -0.3 is 5.32 Å². The summed E-state index contributed by atoms with van der Waals surface area (Å²) in [6, 6.07) is 4.64. The molecule has 146 valence electrons. The summed E-state index contributed by atoms with van der Waals surface area (Å²) in [5.74, 6) is 0.432. The Balaban J connectivity index is 2.04. The zero-order chi connectivity index (χ0) is 20.8. The Hall–Kier alpha value is -2.87. The molecule has 0 atom stereocenters. The Kier molecular flexibility index (Phi) is 4.93. The number of fused-ring (bicyclic) bond motifs is 1. The number of rotatable bonds is 3. The molecule has 3 aromatic rings. The lowest BCUT2D eigenvalue weighted by molar-refractivity contribution is -0.385. The maximum absolute atomic E-state index is 12.9. The molecule has 1 aromatic carbocycles. The second kappa shape index (κ2) is 6.94. The maximum atomic E-state index is 12.9. The van der Waals surface area contributed by atoms with E-state index in [1.165, 1.54) is 17.4 Å². The van der Waals surface area contributed by atoms with Gasteiger partial charge in [0.05, 0.1) is 26.7 Å². The van der Waals surface area contributed by atoms with Crippen LogP contribution in [0.15, 0.2) is 18.2 Å². The van der Waals surface area contributed by atoms with Gasteiger partial charge in [-0.15, -0.1) is 11.3 Å². The van der Waals surface area contributed by atoms with Gasteiger partial charge in [0.25, 0.3) is 11.6 Å². The first-order valence-electron chi connectivity index (χ1n) is 8.84. The molecule has 0 saturated heterocycles.